The average molecular weight is 345 g/mol. The van der Waals surface area contributed by atoms with Crippen LogP contribution >= 0.6 is 11.3 Å². The van der Waals surface area contributed by atoms with Gasteiger partial charge in [-0.05, 0) is 44.2 Å². The van der Waals surface area contributed by atoms with Crippen LogP contribution in [-0.2, 0) is 4.79 Å². The minimum atomic E-state index is -0.642. The summed E-state index contributed by atoms with van der Waals surface area (Å²) in [6, 6.07) is 8.19. The van der Waals surface area contributed by atoms with Crippen molar-refractivity contribution in [2.75, 3.05) is 24.5 Å². The Balaban J connectivity index is 1.32. The molecule has 2 aliphatic rings. The topological polar surface area (TPSA) is 65.5 Å². The number of aliphatic hydroxyl groups is 1. The normalized spacial score (nSPS) is 20.8. The van der Waals surface area contributed by atoms with Crippen LogP contribution in [0.25, 0.3) is 10.2 Å². The smallest absolute Gasteiger partial charge is 0.223 e. The average Bonchev–Trinajstić information content (AvgIpc) is 3.02. The summed E-state index contributed by atoms with van der Waals surface area (Å²) in [5.41, 5.74) is 0.406. The van der Waals surface area contributed by atoms with Gasteiger partial charge in [0.05, 0.1) is 15.8 Å². The van der Waals surface area contributed by atoms with E-state index in [1.54, 1.807) is 11.3 Å². The van der Waals surface area contributed by atoms with E-state index >= 15 is 0 Å². The molecule has 1 saturated heterocycles. The molecule has 1 saturated carbocycles. The molecule has 128 valence electrons. The highest BCUT2D eigenvalue weighted by atomic mass is 32.1. The molecule has 0 bridgehead atoms. The number of piperidine rings is 1. The molecule has 1 amide bonds. The number of aromatic nitrogens is 1. The van der Waals surface area contributed by atoms with Crippen molar-refractivity contribution in [1.82, 2.24) is 10.3 Å². The lowest BCUT2D eigenvalue weighted by atomic mass is 9.80. The Hall–Kier alpha value is -1.66. The van der Waals surface area contributed by atoms with Gasteiger partial charge in [0.1, 0.15) is 0 Å². The Bertz CT molecular complexity index is 700. The first kappa shape index (κ1) is 15.8. The fourth-order valence-electron chi connectivity index (χ4n) is 3.49. The number of benzene rings is 1. The van der Waals surface area contributed by atoms with Gasteiger partial charge in [-0.1, -0.05) is 23.5 Å². The minimum Gasteiger partial charge on any atom is -0.388 e. The van der Waals surface area contributed by atoms with Gasteiger partial charge in [0.2, 0.25) is 5.91 Å². The SMILES string of the molecule is O=C(NCC1(O)CCC1)C1CCN(c2nc3ccccc3s2)CC1. The first-order valence-electron chi connectivity index (χ1n) is 8.74. The van der Waals surface area contributed by atoms with E-state index in [9.17, 15) is 9.90 Å². The number of fused-ring (bicyclic) bond motifs is 1. The standard InChI is InChI=1S/C18H23N3O2S/c22-16(19-12-18(23)8-3-9-18)13-6-10-21(11-7-13)17-20-14-4-1-2-5-15(14)24-17/h1-2,4-5,13,23H,3,6-12H2,(H,19,22). The molecule has 6 heteroatoms. The summed E-state index contributed by atoms with van der Waals surface area (Å²) >= 11 is 1.72. The van der Waals surface area contributed by atoms with Crippen molar-refractivity contribution < 1.29 is 9.90 Å². The van der Waals surface area contributed by atoms with Crippen molar-refractivity contribution in [2.24, 2.45) is 5.92 Å². The number of nitrogens with one attached hydrogen (secondary N) is 1. The summed E-state index contributed by atoms with van der Waals surface area (Å²) in [4.78, 5) is 19.3. The first-order valence-corrected chi connectivity index (χ1v) is 9.55. The van der Waals surface area contributed by atoms with Crippen LogP contribution < -0.4 is 10.2 Å². The van der Waals surface area contributed by atoms with Gasteiger partial charge in [-0.2, -0.15) is 0 Å². The van der Waals surface area contributed by atoms with E-state index in [0.29, 0.717) is 6.54 Å². The van der Waals surface area contributed by atoms with Crippen molar-refractivity contribution in [2.45, 2.75) is 37.7 Å². The molecule has 0 radical (unpaired) electrons. The fourth-order valence-corrected chi connectivity index (χ4v) is 4.50. The molecular formula is C18H23N3O2S. The summed E-state index contributed by atoms with van der Waals surface area (Å²) in [6.45, 7) is 2.13. The van der Waals surface area contributed by atoms with Crippen molar-refractivity contribution in [3.63, 3.8) is 0 Å². The maximum absolute atomic E-state index is 12.3. The molecule has 4 rings (SSSR count). The Labute approximate surface area is 145 Å². The van der Waals surface area contributed by atoms with Crippen LogP contribution in [0.3, 0.4) is 0 Å². The Morgan fingerprint density at radius 2 is 2.08 bits per heavy atom. The number of rotatable bonds is 4. The van der Waals surface area contributed by atoms with Crippen LogP contribution in [0.15, 0.2) is 24.3 Å². The first-order chi connectivity index (χ1) is 11.6. The van der Waals surface area contributed by atoms with E-state index in [0.717, 1.165) is 55.8 Å². The predicted molar refractivity (Wildman–Crippen MR) is 96.4 cm³/mol. The summed E-state index contributed by atoms with van der Waals surface area (Å²) in [7, 11) is 0. The van der Waals surface area contributed by atoms with Gasteiger partial charge < -0.3 is 15.3 Å². The maximum Gasteiger partial charge on any atom is 0.223 e. The van der Waals surface area contributed by atoms with E-state index in [1.807, 2.05) is 18.2 Å². The third-order valence-electron chi connectivity index (χ3n) is 5.29. The molecule has 0 atom stereocenters. The number of carbonyl (C=O) groups is 1. The molecule has 0 unspecified atom stereocenters. The quantitative estimate of drug-likeness (QED) is 0.894. The minimum absolute atomic E-state index is 0.0549. The van der Waals surface area contributed by atoms with E-state index in [4.69, 9.17) is 4.98 Å². The zero-order valence-electron chi connectivity index (χ0n) is 13.7. The van der Waals surface area contributed by atoms with Crippen LogP contribution in [-0.4, -0.2) is 41.2 Å². The van der Waals surface area contributed by atoms with Crippen LogP contribution in [0.5, 0.6) is 0 Å². The lowest BCUT2D eigenvalue weighted by molar-refractivity contribution is -0.128. The van der Waals surface area contributed by atoms with Gasteiger partial charge in [0.15, 0.2) is 5.13 Å². The van der Waals surface area contributed by atoms with Crippen molar-refractivity contribution >= 4 is 32.6 Å². The van der Waals surface area contributed by atoms with Gasteiger partial charge in [0, 0.05) is 25.6 Å². The fraction of sp³-hybridized carbons (Fsp3) is 0.556. The number of amides is 1. The Kier molecular flexibility index (Phi) is 4.18. The van der Waals surface area contributed by atoms with E-state index in [1.165, 1.54) is 4.70 Å². The van der Waals surface area contributed by atoms with Gasteiger partial charge in [-0.25, -0.2) is 4.98 Å². The zero-order chi connectivity index (χ0) is 16.6. The molecule has 2 fully saturated rings. The highest BCUT2D eigenvalue weighted by Gasteiger charge is 2.35. The third-order valence-corrected chi connectivity index (χ3v) is 6.39. The molecular weight excluding hydrogens is 322 g/mol. The van der Waals surface area contributed by atoms with Gasteiger partial charge in [-0.15, -0.1) is 0 Å². The third kappa shape index (κ3) is 3.13. The molecule has 24 heavy (non-hydrogen) atoms. The molecule has 1 aliphatic heterocycles. The number of nitrogens with zero attached hydrogens (tertiary/aromatic N) is 2. The van der Waals surface area contributed by atoms with Gasteiger partial charge in [0.25, 0.3) is 0 Å². The number of para-hydroxylation sites is 1. The second-order valence-electron chi connectivity index (χ2n) is 7.02. The monoisotopic (exact) mass is 345 g/mol. The second-order valence-corrected chi connectivity index (χ2v) is 8.03. The number of thiazole rings is 1. The van der Waals surface area contributed by atoms with Crippen LogP contribution in [0, 0.1) is 5.92 Å². The largest absolute Gasteiger partial charge is 0.388 e. The van der Waals surface area contributed by atoms with Gasteiger partial charge in [-0.3, -0.25) is 4.79 Å². The summed E-state index contributed by atoms with van der Waals surface area (Å²) in [6.07, 6.45) is 4.37. The van der Waals surface area contributed by atoms with E-state index in [2.05, 4.69) is 16.3 Å². The Morgan fingerprint density at radius 3 is 2.75 bits per heavy atom. The highest BCUT2D eigenvalue weighted by Crippen LogP contribution is 2.32. The highest BCUT2D eigenvalue weighted by molar-refractivity contribution is 7.22. The van der Waals surface area contributed by atoms with Crippen molar-refractivity contribution in [1.29, 1.82) is 0 Å². The van der Waals surface area contributed by atoms with Crippen LogP contribution in [0.1, 0.15) is 32.1 Å². The molecule has 5 nitrogen and oxygen atoms in total. The number of hydrogen-bond acceptors (Lipinski definition) is 5. The summed E-state index contributed by atoms with van der Waals surface area (Å²) < 4.78 is 1.21. The summed E-state index contributed by atoms with van der Waals surface area (Å²) in [5, 5.41) is 14.1. The molecule has 2 aromatic rings. The molecule has 2 heterocycles. The zero-order valence-corrected chi connectivity index (χ0v) is 14.5. The summed E-state index contributed by atoms with van der Waals surface area (Å²) in [5.74, 6) is 0.151. The van der Waals surface area contributed by atoms with Crippen molar-refractivity contribution in [3.8, 4) is 0 Å². The molecule has 1 aliphatic carbocycles. The van der Waals surface area contributed by atoms with Crippen LogP contribution in [0.2, 0.25) is 0 Å². The number of hydrogen-bond donors (Lipinski definition) is 2. The van der Waals surface area contributed by atoms with Gasteiger partial charge >= 0.3 is 0 Å². The maximum atomic E-state index is 12.3. The van der Waals surface area contributed by atoms with Crippen molar-refractivity contribution in [3.05, 3.63) is 24.3 Å². The predicted octanol–water partition coefficient (Wildman–Crippen LogP) is 2.54. The number of anilines is 1. The lowest BCUT2D eigenvalue weighted by Gasteiger charge is -2.37. The van der Waals surface area contributed by atoms with E-state index in [-0.39, 0.29) is 11.8 Å². The molecule has 1 aromatic carbocycles. The lowest BCUT2D eigenvalue weighted by Crippen LogP contribution is -2.50. The molecule has 0 spiro atoms. The van der Waals surface area contributed by atoms with Crippen LogP contribution in [0.4, 0.5) is 5.13 Å². The number of carbonyl (C=O) groups excluding carboxylic acids is 1. The molecule has 1 aromatic heterocycles. The van der Waals surface area contributed by atoms with E-state index < -0.39 is 5.60 Å². The Morgan fingerprint density at radius 1 is 1.33 bits per heavy atom. The molecule has 2 N–H and O–H groups in total. The second kappa shape index (κ2) is 6.33.